The highest BCUT2D eigenvalue weighted by atomic mass is 32.1. The molecular weight excluding hydrogens is 440 g/mol. The molecule has 1 amide bonds. The fourth-order valence-electron chi connectivity index (χ4n) is 3.71. The summed E-state index contributed by atoms with van der Waals surface area (Å²) in [5, 5.41) is 3.94. The van der Waals surface area contributed by atoms with Crippen LogP contribution in [0.3, 0.4) is 0 Å². The number of rotatable bonds is 7. The number of hydrogen-bond acceptors (Lipinski definition) is 4. The van der Waals surface area contributed by atoms with Gasteiger partial charge in [0.25, 0.3) is 5.91 Å². The Balaban J connectivity index is 1.22. The first kappa shape index (κ1) is 21.9. The van der Waals surface area contributed by atoms with Crippen molar-refractivity contribution in [2.75, 3.05) is 11.9 Å². The van der Waals surface area contributed by atoms with Gasteiger partial charge in [-0.05, 0) is 72.6 Å². The molecule has 4 nitrogen and oxygen atoms in total. The number of aryl methyl sites for hydroxylation is 1. The van der Waals surface area contributed by atoms with Crippen LogP contribution in [0.1, 0.15) is 21.5 Å². The summed E-state index contributed by atoms with van der Waals surface area (Å²) < 4.78 is 7.04. The Hall–Kier alpha value is -3.96. The van der Waals surface area contributed by atoms with Gasteiger partial charge in [-0.15, -0.1) is 11.3 Å². The lowest BCUT2D eigenvalue weighted by Crippen LogP contribution is -2.12. The molecule has 1 heterocycles. The standard InChI is InChI=1S/C29H24N2O2S/c1-20-10-15-26-27(18-20)34-29(31-26)22-11-13-24(14-12-22)30-28(32)23-8-5-9-25(19-23)33-17-16-21-6-3-2-4-7-21/h2-15,18-19H,16-17H2,1H3,(H,30,32). The van der Waals surface area contributed by atoms with Gasteiger partial charge in [-0.2, -0.15) is 0 Å². The number of fused-ring (bicyclic) bond motifs is 1. The number of carbonyl (C=O) groups excluding carboxylic acids is 1. The van der Waals surface area contributed by atoms with E-state index in [1.54, 1.807) is 23.5 Å². The van der Waals surface area contributed by atoms with Gasteiger partial charge in [0.1, 0.15) is 10.8 Å². The Morgan fingerprint density at radius 1 is 0.912 bits per heavy atom. The van der Waals surface area contributed by atoms with E-state index in [0.717, 1.165) is 28.2 Å². The Morgan fingerprint density at radius 2 is 1.74 bits per heavy atom. The maximum absolute atomic E-state index is 12.8. The molecule has 5 aromatic rings. The normalized spacial score (nSPS) is 10.9. The summed E-state index contributed by atoms with van der Waals surface area (Å²) in [7, 11) is 0. The van der Waals surface area contributed by atoms with Crippen molar-refractivity contribution in [1.29, 1.82) is 0 Å². The van der Waals surface area contributed by atoms with Crippen molar-refractivity contribution >= 4 is 33.1 Å². The van der Waals surface area contributed by atoms with E-state index in [1.165, 1.54) is 15.8 Å². The number of benzene rings is 4. The van der Waals surface area contributed by atoms with Crippen LogP contribution in [0.15, 0.2) is 97.1 Å². The van der Waals surface area contributed by atoms with Gasteiger partial charge in [-0.1, -0.05) is 42.5 Å². The number of amides is 1. The largest absolute Gasteiger partial charge is 0.493 e. The highest BCUT2D eigenvalue weighted by molar-refractivity contribution is 7.21. The molecule has 0 bridgehead atoms. The van der Waals surface area contributed by atoms with E-state index < -0.39 is 0 Å². The van der Waals surface area contributed by atoms with E-state index in [0.29, 0.717) is 17.9 Å². The highest BCUT2D eigenvalue weighted by Gasteiger charge is 2.10. The number of nitrogens with one attached hydrogen (secondary N) is 1. The maximum atomic E-state index is 12.8. The number of aromatic nitrogens is 1. The third-order valence-electron chi connectivity index (χ3n) is 5.53. The summed E-state index contributed by atoms with van der Waals surface area (Å²) in [5.74, 6) is 0.515. The number of anilines is 1. The predicted molar refractivity (Wildman–Crippen MR) is 140 cm³/mol. The minimum Gasteiger partial charge on any atom is -0.493 e. The molecule has 0 aliphatic heterocycles. The predicted octanol–water partition coefficient (Wildman–Crippen LogP) is 7.15. The van der Waals surface area contributed by atoms with Gasteiger partial charge in [0.2, 0.25) is 0 Å². The Kier molecular flexibility index (Phi) is 6.36. The molecule has 5 heteroatoms. The molecule has 0 radical (unpaired) electrons. The molecule has 0 saturated carbocycles. The molecule has 1 N–H and O–H groups in total. The van der Waals surface area contributed by atoms with E-state index in [2.05, 4.69) is 42.6 Å². The van der Waals surface area contributed by atoms with Crippen molar-refractivity contribution in [3.63, 3.8) is 0 Å². The molecule has 0 atom stereocenters. The maximum Gasteiger partial charge on any atom is 0.255 e. The topological polar surface area (TPSA) is 51.2 Å². The summed E-state index contributed by atoms with van der Waals surface area (Å²) in [6.45, 7) is 2.64. The second kappa shape index (κ2) is 9.89. The molecule has 0 fully saturated rings. The van der Waals surface area contributed by atoms with Crippen LogP contribution in [-0.2, 0) is 6.42 Å². The lowest BCUT2D eigenvalue weighted by molar-refractivity contribution is 0.102. The van der Waals surface area contributed by atoms with E-state index >= 15 is 0 Å². The van der Waals surface area contributed by atoms with Crippen LogP contribution in [0, 0.1) is 6.92 Å². The average molecular weight is 465 g/mol. The molecule has 0 spiro atoms. The van der Waals surface area contributed by atoms with Gasteiger partial charge < -0.3 is 10.1 Å². The molecule has 168 valence electrons. The zero-order chi connectivity index (χ0) is 23.3. The van der Waals surface area contributed by atoms with Gasteiger partial charge >= 0.3 is 0 Å². The van der Waals surface area contributed by atoms with Crippen molar-refractivity contribution in [3.8, 4) is 16.3 Å². The van der Waals surface area contributed by atoms with Crippen LogP contribution < -0.4 is 10.1 Å². The van der Waals surface area contributed by atoms with Gasteiger partial charge in [-0.3, -0.25) is 4.79 Å². The fraction of sp³-hybridized carbons (Fsp3) is 0.103. The summed E-state index contributed by atoms with van der Waals surface area (Å²) in [4.78, 5) is 17.5. The Bertz CT molecular complexity index is 1430. The number of nitrogens with zero attached hydrogens (tertiary/aromatic N) is 1. The summed E-state index contributed by atoms with van der Waals surface area (Å²) in [5.41, 5.74) is 5.79. The summed E-state index contributed by atoms with van der Waals surface area (Å²) in [6.07, 6.45) is 0.817. The minimum absolute atomic E-state index is 0.170. The third-order valence-corrected chi connectivity index (χ3v) is 6.60. The zero-order valence-corrected chi connectivity index (χ0v) is 19.6. The number of thiazole rings is 1. The molecule has 5 rings (SSSR count). The van der Waals surface area contributed by atoms with Crippen LogP contribution in [0.25, 0.3) is 20.8 Å². The Labute approximate surface area is 202 Å². The molecular formula is C29H24N2O2S. The first-order chi connectivity index (χ1) is 16.6. The number of ether oxygens (including phenoxy) is 1. The van der Waals surface area contributed by atoms with Crippen LogP contribution in [0.2, 0.25) is 0 Å². The van der Waals surface area contributed by atoms with Crippen molar-refractivity contribution in [2.45, 2.75) is 13.3 Å². The van der Waals surface area contributed by atoms with Crippen molar-refractivity contribution < 1.29 is 9.53 Å². The third kappa shape index (κ3) is 5.16. The molecule has 0 aliphatic rings. The Morgan fingerprint density at radius 3 is 2.56 bits per heavy atom. The zero-order valence-electron chi connectivity index (χ0n) is 18.8. The van der Waals surface area contributed by atoms with Crippen LogP contribution >= 0.6 is 11.3 Å². The van der Waals surface area contributed by atoms with Crippen LogP contribution in [0.5, 0.6) is 5.75 Å². The first-order valence-electron chi connectivity index (χ1n) is 11.2. The van der Waals surface area contributed by atoms with E-state index in [4.69, 9.17) is 9.72 Å². The second-order valence-corrected chi connectivity index (χ2v) is 9.16. The second-order valence-electron chi connectivity index (χ2n) is 8.13. The van der Waals surface area contributed by atoms with Crippen LogP contribution in [-0.4, -0.2) is 17.5 Å². The van der Waals surface area contributed by atoms with Gasteiger partial charge in [0, 0.05) is 23.2 Å². The molecule has 0 aliphatic carbocycles. The lowest BCUT2D eigenvalue weighted by Gasteiger charge is -2.09. The number of hydrogen-bond donors (Lipinski definition) is 1. The van der Waals surface area contributed by atoms with Gasteiger partial charge in [0.15, 0.2) is 0 Å². The SMILES string of the molecule is Cc1ccc2nc(-c3ccc(NC(=O)c4cccc(OCCc5ccccc5)c4)cc3)sc2c1. The quantitative estimate of drug-likeness (QED) is 0.278. The average Bonchev–Trinajstić information content (AvgIpc) is 3.28. The van der Waals surface area contributed by atoms with Crippen molar-refractivity contribution in [2.24, 2.45) is 0 Å². The molecule has 0 unspecified atom stereocenters. The summed E-state index contributed by atoms with van der Waals surface area (Å²) >= 11 is 1.68. The van der Waals surface area contributed by atoms with Gasteiger partial charge in [-0.25, -0.2) is 4.98 Å². The van der Waals surface area contributed by atoms with Crippen molar-refractivity contribution in [1.82, 2.24) is 4.98 Å². The highest BCUT2D eigenvalue weighted by Crippen LogP contribution is 2.31. The fourth-order valence-corrected chi connectivity index (χ4v) is 4.78. The van der Waals surface area contributed by atoms with E-state index in [-0.39, 0.29) is 5.91 Å². The summed E-state index contributed by atoms with van der Waals surface area (Å²) in [6, 6.07) is 31.6. The minimum atomic E-state index is -0.170. The van der Waals surface area contributed by atoms with E-state index in [1.807, 2.05) is 54.6 Å². The molecule has 1 aromatic heterocycles. The lowest BCUT2D eigenvalue weighted by atomic mass is 10.1. The monoisotopic (exact) mass is 464 g/mol. The first-order valence-corrected chi connectivity index (χ1v) is 12.0. The smallest absolute Gasteiger partial charge is 0.255 e. The van der Waals surface area contributed by atoms with Crippen LogP contribution in [0.4, 0.5) is 5.69 Å². The molecule has 4 aromatic carbocycles. The molecule has 0 saturated heterocycles. The molecule has 34 heavy (non-hydrogen) atoms. The van der Waals surface area contributed by atoms with Gasteiger partial charge in [0.05, 0.1) is 16.8 Å². The number of carbonyl (C=O) groups is 1. The van der Waals surface area contributed by atoms with E-state index in [9.17, 15) is 4.79 Å². The van der Waals surface area contributed by atoms with Crippen molar-refractivity contribution in [3.05, 3.63) is 114 Å².